The van der Waals surface area contributed by atoms with Gasteiger partial charge in [-0.05, 0) is 97.9 Å². The van der Waals surface area contributed by atoms with Crippen molar-refractivity contribution in [3.8, 4) is 33.4 Å². The van der Waals surface area contributed by atoms with Gasteiger partial charge in [-0.2, -0.15) is 0 Å². The minimum Gasteiger partial charge on any atom is -0.455 e. The first-order valence-corrected chi connectivity index (χ1v) is 19.4. The van der Waals surface area contributed by atoms with Gasteiger partial charge < -0.3 is 9.32 Å². The predicted molar refractivity (Wildman–Crippen MR) is 237 cm³/mol. The van der Waals surface area contributed by atoms with Crippen LogP contribution in [0.5, 0.6) is 0 Å². The molecule has 0 saturated carbocycles. The number of hydrogen-bond donors (Lipinski definition) is 0. The van der Waals surface area contributed by atoms with Crippen LogP contribution in [0.15, 0.2) is 205 Å². The average Bonchev–Trinajstić information content (AvgIpc) is 3.66. The van der Waals surface area contributed by atoms with E-state index < -0.39 is 0 Å². The second-order valence-electron chi connectivity index (χ2n) is 14.9. The molecule has 0 amide bonds. The second kappa shape index (κ2) is 13.3. The van der Waals surface area contributed by atoms with E-state index in [1.807, 2.05) is 0 Å². The topological polar surface area (TPSA) is 16.4 Å². The summed E-state index contributed by atoms with van der Waals surface area (Å²) in [5, 5.41) is 7.06. The van der Waals surface area contributed by atoms with E-state index in [1.54, 1.807) is 0 Å². The molecule has 0 aliphatic heterocycles. The fraction of sp³-hybridized carbons (Fsp3) is 0.0370. The largest absolute Gasteiger partial charge is 0.455 e. The smallest absolute Gasteiger partial charge is 0.143 e. The molecule has 0 bridgehead atoms. The fourth-order valence-corrected chi connectivity index (χ4v) is 8.81. The van der Waals surface area contributed by atoms with Crippen molar-refractivity contribution in [1.82, 2.24) is 0 Å². The predicted octanol–water partition coefficient (Wildman–Crippen LogP) is 14.7. The number of hydrogen-bond acceptors (Lipinski definition) is 2. The Hall–Kier alpha value is -7.16. The Morgan fingerprint density at radius 1 is 0.411 bits per heavy atom. The van der Waals surface area contributed by atoms with Crippen molar-refractivity contribution in [3.05, 3.63) is 211 Å². The highest BCUT2D eigenvalue weighted by Gasteiger charge is 2.24. The molecule has 1 unspecified atom stereocenters. The number of rotatable bonds is 6. The summed E-state index contributed by atoms with van der Waals surface area (Å²) < 4.78 is 6.92. The first-order chi connectivity index (χ1) is 27.7. The standard InChI is InChI=1S/C54H37NO/c1-2-12-36(13-3-1)42-18-10-19-45(33-42)55(46-31-26-38-15-5-7-17-41(38)34-46)44-29-27-39(28-30-44)47-22-11-23-50-52-35-51(43-25-24-37-14-4-6-16-40(37)32-43)48-20-8-9-21-49(48)54(52)56-53(47)50/h1-33,35,46H,34H2. The van der Waals surface area contributed by atoms with Crippen molar-refractivity contribution in [2.45, 2.75) is 12.5 Å². The molecule has 1 aliphatic carbocycles. The Morgan fingerprint density at radius 2 is 1.11 bits per heavy atom. The minimum absolute atomic E-state index is 0.158. The van der Waals surface area contributed by atoms with E-state index in [1.165, 1.54) is 55.2 Å². The molecule has 2 nitrogen and oxygen atoms in total. The van der Waals surface area contributed by atoms with E-state index in [4.69, 9.17) is 4.42 Å². The second-order valence-corrected chi connectivity index (χ2v) is 14.9. The highest BCUT2D eigenvalue weighted by atomic mass is 16.3. The van der Waals surface area contributed by atoms with Crippen LogP contribution in [0.2, 0.25) is 0 Å². The quantitative estimate of drug-likeness (QED) is 0.170. The SMILES string of the molecule is C1=CC(N(c2ccc(-c3cccc4c3oc3c5ccccc5c(-c5ccc6ccccc6c5)cc43)cc2)c2cccc(-c3ccccc3)c2)Cc2ccccc21. The van der Waals surface area contributed by atoms with Crippen molar-refractivity contribution >= 4 is 60.9 Å². The summed E-state index contributed by atoms with van der Waals surface area (Å²) in [5.74, 6) is 0. The fourth-order valence-electron chi connectivity index (χ4n) is 8.81. The Kier molecular flexibility index (Phi) is 7.67. The lowest BCUT2D eigenvalue weighted by molar-refractivity contribution is 0.674. The van der Waals surface area contributed by atoms with Crippen LogP contribution in [0.1, 0.15) is 11.1 Å². The number of anilines is 2. The summed E-state index contributed by atoms with van der Waals surface area (Å²) in [6.07, 6.45) is 5.57. The maximum absolute atomic E-state index is 6.92. The Morgan fingerprint density at radius 3 is 2.00 bits per heavy atom. The van der Waals surface area contributed by atoms with Crippen LogP contribution in [0.3, 0.4) is 0 Å². The molecule has 1 aliphatic rings. The van der Waals surface area contributed by atoms with Crippen molar-refractivity contribution in [2.75, 3.05) is 4.90 Å². The van der Waals surface area contributed by atoms with Crippen molar-refractivity contribution in [3.63, 3.8) is 0 Å². The molecule has 56 heavy (non-hydrogen) atoms. The summed E-state index contributed by atoms with van der Waals surface area (Å²) in [6, 6.07) is 70.4. The first-order valence-electron chi connectivity index (χ1n) is 19.4. The Bertz CT molecular complexity index is 3120. The molecule has 2 heteroatoms. The first kappa shape index (κ1) is 32.3. The van der Waals surface area contributed by atoms with Gasteiger partial charge in [0.05, 0.1) is 6.04 Å². The van der Waals surface area contributed by atoms with Crippen molar-refractivity contribution in [1.29, 1.82) is 0 Å². The lowest BCUT2D eigenvalue weighted by atomic mass is 9.92. The van der Waals surface area contributed by atoms with Gasteiger partial charge in [0.25, 0.3) is 0 Å². The summed E-state index contributed by atoms with van der Waals surface area (Å²) in [4.78, 5) is 2.49. The summed E-state index contributed by atoms with van der Waals surface area (Å²) in [5.41, 5.74) is 13.9. The van der Waals surface area contributed by atoms with Crippen LogP contribution in [0.4, 0.5) is 11.4 Å². The van der Waals surface area contributed by atoms with Gasteiger partial charge in [-0.1, -0.05) is 170 Å². The van der Waals surface area contributed by atoms with Gasteiger partial charge in [0.1, 0.15) is 11.2 Å². The molecule has 10 aromatic rings. The Labute approximate surface area is 326 Å². The van der Waals surface area contributed by atoms with Crippen LogP contribution in [-0.4, -0.2) is 6.04 Å². The molecule has 0 radical (unpaired) electrons. The third kappa shape index (κ3) is 5.49. The molecular formula is C54H37NO. The summed E-state index contributed by atoms with van der Waals surface area (Å²) >= 11 is 0. The van der Waals surface area contributed by atoms with Crippen LogP contribution in [-0.2, 0) is 6.42 Å². The zero-order valence-electron chi connectivity index (χ0n) is 30.8. The maximum Gasteiger partial charge on any atom is 0.143 e. The van der Waals surface area contributed by atoms with E-state index in [0.29, 0.717) is 0 Å². The van der Waals surface area contributed by atoms with Crippen LogP contribution in [0.25, 0.3) is 82.9 Å². The van der Waals surface area contributed by atoms with Gasteiger partial charge in [0.15, 0.2) is 0 Å². The van der Waals surface area contributed by atoms with Gasteiger partial charge >= 0.3 is 0 Å². The number of para-hydroxylation sites is 1. The molecule has 1 heterocycles. The number of furan rings is 1. The van der Waals surface area contributed by atoms with Gasteiger partial charge in [-0.3, -0.25) is 0 Å². The lowest BCUT2D eigenvalue weighted by Gasteiger charge is -2.34. The van der Waals surface area contributed by atoms with Crippen LogP contribution in [0, 0.1) is 0 Å². The normalized spacial score (nSPS) is 13.8. The zero-order valence-corrected chi connectivity index (χ0v) is 30.8. The van der Waals surface area contributed by atoms with Gasteiger partial charge in [-0.25, -0.2) is 0 Å². The van der Waals surface area contributed by atoms with Gasteiger partial charge in [0.2, 0.25) is 0 Å². The van der Waals surface area contributed by atoms with Gasteiger partial charge in [-0.15, -0.1) is 0 Å². The molecule has 11 rings (SSSR count). The Balaban J connectivity index is 1.02. The molecule has 1 aromatic heterocycles. The third-order valence-corrected chi connectivity index (χ3v) is 11.6. The number of nitrogens with zero attached hydrogens (tertiary/aromatic N) is 1. The van der Waals surface area contributed by atoms with Crippen LogP contribution >= 0.6 is 0 Å². The molecule has 0 spiro atoms. The summed E-state index contributed by atoms with van der Waals surface area (Å²) in [6.45, 7) is 0. The molecular weight excluding hydrogens is 679 g/mol. The molecule has 0 N–H and O–H groups in total. The zero-order chi connectivity index (χ0) is 37.0. The van der Waals surface area contributed by atoms with Crippen molar-refractivity contribution in [2.24, 2.45) is 0 Å². The van der Waals surface area contributed by atoms with E-state index in [9.17, 15) is 0 Å². The van der Waals surface area contributed by atoms with E-state index >= 15 is 0 Å². The summed E-state index contributed by atoms with van der Waals surface area (Å²) in [7, 11) is 0. The van der Waals surface area contributed by atoms with E-state index in [2.05, 4.69) is 211 Å². The van der Waals surface area contributed by atoms with Gasteiger partial charge in [0, 0.05) is 33.1 Å². The van der Waals surface area contributed by atoms with Crippen LogP contribution < -0.4 is 4.90 Å². The monoisotopic (exact) mass is 715 g/mol. The molecule has 0 fully saturated rings. The molecule has 264 valence electrons. The average molecular weight is 716 g/mol. The highest BCUT2D eigenvalue weighted by molar-refractivity contribution is 6.21. The highest BCUT2D eigenvalue weighted by Crippen LogP contribution is 2.43. The lowest BCUT2D eigenvalue weighted by Crippen LogP contribution is -2.32. The van der Waals surface area contributed by atoms with E-state index in [-0.39, 0.29) is 6.04 Å². The molecule has 9 aromatic carbocycles. The molecule has 0 saturated heterocycles. The number of benzene rings is 9. The third-order valence-electron chi connectivity index (χ3n) is 11.6. The molecule has 1 atom stereocenters. The van der Waals surface area contributed by atoms with Crippen molar-refractivity contribution < 1.29 is 4.42 Å². The minimum atomic E-state index is 0.158. The number of fused-ring (bicyclic) bond motifs is 7. The van der Waals surface area contributed by atoms with E-state index in [0.717, 1.165) is 50.6 Å². The maximum atomic E-state index is 6.92.